The van der Waals surface area contributed by atoms with Gasteiger partial charge in [0.15, 0.2) is 14.4 Å². The molecule has 105 valence electrons. The first-order valence-electron chi connectivity index (χ1n) is 6.59. The summed E-state index contributed by atoms with van der Waals surface area (Å²) in [5.41, 5.74) is 0. The largest absolute Gasteiger partial charge is 0.415 e. The first-order chi connectivity index (χ1) is 8.69. The van der Waals surface area contributed by atoms with Crippen LogP contribution in [0.15, 0.2) is 0 Å². The molecule has 0 saturated carbocycles. The average Bonchev–Trinajstić information content (AvgIpc) is 3.01. The number of morpholine rings is 1. The molecule has 0 aromatic carbocycles. The Hall–Kier alpha value is -0.658. The number of hydrogen-bond donors (Lipinski definition) is 0. The Labute approximate surface area is 116 Å². The topological polar surface area (TPSA) is 59.1 Å². The van der Waals surface area contributed by atoms with Crippen LogP contribution in [0.1, 0.15) is 20.8 Å². The summed E-state index contributed by atoms with van der Waals surface area (Å²) in [5, 5.41) is 0.124. The number of hydrogen-bond acceptors (Lipinski definition) is 4. The van der Waals surface area contributed by atoms with Gasteiger partial charge in [0.1, 0.15) is 12.3 Å². The molecule has 0 aromatic heterocycles. The van der Waals surface area contributed by atoms with Crippen LogP contribution in [-0.2, 0) is 18.8 Å². The molecule has 2 unspecified atom stereocenters. The van der Waals surface area contributed by atoms with Crippen LogP contribution in [0.5, 0.6) is 0 Å². The van der Waals surface area contributed by atoms with E-state index in [1.54, 1.807) is 0 Å². The maximum absolute atomic E-state index is 11.8. The lowest BCUT2D eigenvalue weighted by Gasteiger charge is -2.38. The molecule has 0 aromatic rings. The van der Waals surface area contributed by atoms with Gasteiger partial charge in [-0.2, -0.15) is 0 Å². The molecule has 5 nitrogen and oxygen atoms in total. The van der Waals surface area contributed by atoms with Gasteiger partial charge in [-0.05, 0) is 18.1 Å². The summed E-state index contributed by atoms with van der Waals surface area (Å²) in [7, 11) is -0.565. The third-order valence-electron chi connectivity index (χ3n) is 4.40. The highest BCUT2D eigenvalue weighted by Gasteiger charge is 2.60. The molecule has 3 atom stereocenters. The molecule has 0 spiro atoms. The first kappa shape index (κ1) is 14.7. The number of rotatable bonds is 5. The molecule has 2 saturated heterocycles. The maximum Gasteiger partial charge on any atom is 0.331 e. The van der Waals surface area contributed by atoms with Crippen LogP contribution in [0.3, 0.4) is 0 Å². The summed E-state index contributed by atoms with van der Waals surface area (Å²) in [4.78, 5) is 23.9. The van der Waals surface area contributed by atoms with E-state index in [0.717, 1.165) is 0 Å². The summed E-state index contributed by atoms with van der Waals surface area (Å²) in [6.45, 7) is 11.3. The predicted octanol–water partition coefficient (Wildman–Crippen LogP) is 0.796. The Morgan fingerprint density at radius 2 is 2.11 bits per heavy atom. The van der Waals surface area contributed by atoms with Crippen molar-refractivity contribution in [1.82, 2.24) is 4.81 Å². The van der Waals surface area contributed by atoms with Crippen molar-refractivity contribution in [2.75, 3.05) is 6.61 Å². The zero-order chi connectivity index (χ0) is 14.4. The normalized spacial score (nSPS) is 30.3. The Morgan fingerprint density at radius 3 is 2.63 bits per heavy atom. The van der Waals surface area contributed by atoms with Crippen LogP contribution in [0.4, 0.5) is 0 Å². The van der Waals surface area contributed by atoms with Gasteiger partial charge in [0.2, 0.25) is 5.91 Å². The molecule has 2 rings (SSSR count). The van der Waals surface area contributed by atoms with Crippen LogP contribution in [0.2, 0.25) is 18.1 Å². The number of amides is 1. The quantitative estimate of drug-likeness (QED) is 0.425. The van der Waals surface area contributed by atoms with Gasteiger partial charge in [-0.25, -0.2) is 0 Å². The Balaban J connectivity index is 1.99. The van der Waals surface area contributed by atoms with Crippen LogP contribution >= 0.6 is 0 Å². The fourth-order valence-corrected chi connectivity index (χ4v) is 3.04. The summed E-state index contributed by atoms with van der Waals surface area (Å²) in [6.07, 6.45) is 0.180. The van der Waals surface area contributed by atoms with Crippen molar-refractivity contribution in [3.05, 3.63) is 0 Å². The second-order valence-electron chi connectivity index (χ2n) is 6.69. The molecule has 0 N–H and O–H groups in total. The molecule has 2 aliphatic rings. The van der Waals surface area contributed by atoms with Gasteiger partial charge in [-0.3, -0.25) is 4.79 Å². The lowest BCUT2D eigenvalue weighted by molar-refractivity contribution is -0.129. The number of carbonyl (C=O) groups is 2. The fourth-order valence-electron chi connectivity index (χ4n) is 2.02. The second-order valence-corrected chi connectivity index (χ2v) is 11.5. The second kappa shape index (κ2) is 4.71. The Bertz CT molecular complexity index is 396. The minimum absolute atomic E-state index is 0.103. The molecule has 1 amide bonds. The molecule has 2 fully saturated rings. The number of fused-ring (bicyclic) bond motifs is 1. The lowest BCUT2D eigenvalue weighted by Crippen LogP contribution is -2.49. The highest BCUT2D eigenvalue weighted by atomic mass is 28.4. The van der Waals surface area contributed by atoms with Crippen LogP contribution < -0.4 is 0 Å². The van der Waals surface area contributed by atoms with Crippen molar-refractivity contribution in [3.8, 4) is 0 Å². The van der Waals surface area contributed by atoms with Gasteiger partial charge in [0.05, 0.1) is 12.6 Å². The SMILES string of the molecule is CC(C)(C)[Si](C)(C)OC[C@@H]1C2OC2C(=O)N1[B]C=O. The lowest BCUT2D eigenvalue weighted by atomic mass is 9.93. The van der Waals surface area contributed by atoms with E-state index in [-0.39, 0.29) is 29.2 Å². The van der Waals surface area contributed by atoms with E-state index < -0.39 is 8.32 Å². The Kier molecular flexibility index (Phi) is 3.66. The molecule has 2 heterocycles. The number of nitrogens with zero attached hydrogens (tertiary/aromatic N) is 1. The van der Waals surface area contributed by atoms with Crippen molar-refractivity contribution in [2.24, 2.45) is 0 Å². The zero-order valence-corrected chi connectivity index (χ0v) is 13.2. The van der Waals surface area contributed by atoms with Crippen LogP contribution in [0, 0.1) is 0 Å². The summed E-state index contributed by atoms with van der Waals surface area (Å²) < 4.78 is 11.4. The van der Waals surface area contributed by atoms with E-state index in [2.05, 4.69) is 33.9 Å². The number of carbonyl (C=O) groups excluding carboxylic acids is 2. The summed E-state index contributed by atoms with van der Waals surface area (Å²) >= 11 is 0. The van der Waals surface area contributed by atoms with Crippen molar-refractivity contribution >= 4 is 27.8 Å². The van der Waals surface area contributed by atoms with Gasteiger partial charge >= 0.3 is 7.41 Å². The minimum Gasteiger partial charge on any atom is -0.415 e. The smallest absolute Gasteiger partial charge is 0.331 e. The standard InChI is InChI=1S/C12H21BNO4Si/c1-12(2,3)19(4,5)17-6-8-9-10(18-9)11(16)14(8)13-7-15/h7-10H,6H2,1-5H3/t8-,9?,10?/m1/s1. The number of ether oxygens (including phenoxy) is 1. The highest BCUT2D eigenvalue weighted by Crippen LogP contribution is 2.40. The minimum atomic E-state index is -1.85. The summed E-state index contributed by atoms with van der Waals surface area (Å²) in [5.74, 6) is -0.124. The van der Waals surface area contributed by atoms with E-state index in [1.165, 1.54) is 12.2 Å². The zero-order valence-electron chi connectivity index (χ0n) is 12.2. The monoisotopic (exact) mass is 282 g/mol. The van der Waals surface area contributed by atoms with Gasteiger partial charge in [0.25, 0.3) is 0 Å². The third kappa shape index (κ3) is 2.64. The van der Waals surface area contributed by atoms with Crippen molar-refractivity contribution in [2.45, 2.75) is 57.2 Å². The predicted molar refractivity (Wildman–Crippen MR) is 74.9 cm³/mol. The van der Waals surface area contributed by atoms with Crippen LogP contribution in [0.25, 0.3) is 0 Å². The van der Waals surface area contributed by atoms with Gasteiger partial charge in [0, 0.05) is 0 Å². The van der Waals surface area contributed by atoms with E-state index >= 15 is 0 Å². The van der Waals surface area contributed by atoms with Crippen molar-refractivity contribution in [1.29, 1.82) is 0 Å². The molecule has 0 bridgehead atoms. The Morgan fingerprint density at radius 1 is 1.47 bits per heavy atom. The fraction of sp³-hybridized carbons (Fsp3) is 0.833. The maximum atomic E-state index is 11.8. The summed E-state index contributed by atoms with van der Waals surface area (Å²) in [6, 6.07) is -0.156. The van der Waals surface area contributed by atoms with Crippen molar-refractivity contribution in [3.63, 3.8) is 0 Å². The van der Waals surface area contributed by atoms with Crippen LogP contribution in [-0.4, -0.2) is 57.5 Å². The molecule has 2 aliphatic heterocycles. The average molecular weight is 282 g/mol. The third-order valence-corrected chi connectivity index (χ3v) is 8.90. The molecular weight excluding hydrogens is 261 g/mol. The molecule has 1 radical (unpaired) electrons. The molecule has 0 aliphatic carbocycles. The van der Waals surface area contributed by atoms with E-state index in [0.29, 0.717) is 12.8 Å². The number of epoxide rings is 1. The molecule has 19 heavy (non-hydrogen) atoms. The first-order valence-corrected chi connectivity index (χ1v) is 9.50. The van der Waals surface area contributed by atoms with Crippen molar-refractivity contribution < 1.29 is 18.8 Å². The molecular formula is C12H21BNO4Si. The van der Waals surface area contributed by atoms with Gasteiger partial charge in [-0.1, -0.05) is 20.8 Å². The highest BCUT2D eigenvalue weighted by molar-refractivity contribution is 6.74. The van der Waals surface area contributed by atoms with E-state index in [4.69, 9.17) is 9.16 Å². The van der Waals surface area contributed by atoms with Gasteiger partial charge in [-0.15, -0.1) is 0 Å². The van der Waals surface area contributed by atoms with E-state index in [1.807, 2.05) is 0 Å². The van der Waals surface area contributed by atoms with E-state index in [9.17, 15) is 9.59 Å². The van der Waals surface area contributed by atoms with Gasteiger partial charge < -0.3 is 18.8 Å². The molecule has 7 heteroatoms.